The van der Waals surface area contributed by atoms with E-state index in [1.807, 2.05) is 0 Å². The average molecular weight is 533 g/mol. The predicted octanol–water partition coefficient (Wildman–Crippen LogP) is 3.38. The number of benzene rings is 1. The molecule has 2 fully saturated rings. The Kier molecular flexibility index (Phi) is 5.58. The van der Waals surface area contributed by atoms with Gasteiger partial charge in [0.15, 0.2) is 0 Å². The molecule has 2 aliphatic heterocycles. The van der Waals surface area contributed by atoms with Crippen molar-refractivity contribution in [1.29, 1.82) is 0 Å². The van der Waals surface area contributed by atoms with E-state index < -0.39 is 42.2 Å². The summed E-state index contributed by atoms with van der Waals surface area (Å²) in [6.07, 6.45) is -3.07. The molecule has 0 aliphatic carbocycles. The Labute approximate surface area is 211 Å². The van der Waals surface area contributed by atoms with Gasteiger partial charge in [-0.15, -0.1) is 0 Å². The summed E-state index contributed by atoms with van der Waals surface area (Å²) in [6.45, 7) is -0.321. The third-order valence-electron chi connectivity index (χ3n) is 7.10. The highest BCUT2D eigenvalue weighted by Crippen LogP contribution is 2.36. The lowest BCUT2D eigenvalue weighted by Crippen LogP contribution is -2.49. The van der Waals surface area contributed by atoms with Gasteiger partial charge in [0.2, 0.25) is 5.91 Å². The van der Waals surface area contributed by atoms with Gasteiger partial charge in [0.1, 0.15) is 35.4 Å². The van der Waals surface area contributed by atoms with Crippen molar-refractivity contribution in [3.05, 3.63) is 53.5 Å². The molecule has 2 aliphatic rings. The molecular formula is C24H20F5N7O2. The van der Waals surface area contributed by atoms with Crippen LogP contribution in [0.1, 0.15) is 34.9 Å². The van der Waals surface area contributed by atoms with Crippen LogP contribution in [-0.2, 0) is 11.3 Å². The number of rotatable bonds is 4. The SMILES string of the molecule is O=C(c1ccc2[nH]ncc2n1)N1CC(c2nn(CC(=O)N3CCC[C@H]3C(F)(F)F)c3cc(F)cc(F)c23)C1. The number of carbonyl (C=O) groups is 2. The number of aromatic amines is 1. The summed E-state index contributed by atoms with van der Waals surface area (Å²) in [6, 6.07) is 3.02. The molecule has 3 aromatic heterocycles. The minimum atomic E-state index is -4.57. The standard InChI is InChI=1S/C24H20F5N7O2/c25-13-6-14(26)21-18(7-13)36(11-20(37)35-5-1-2-19(35)24(27,28)29)33-22(21)12-9-34(10-12)23(38)16-4-3-15-17(31-16)8-30-32-15/h3-4,6-8,12,19H,1-2,5,9-11H2,(H,30,32)/t19-/m0/s1. The van der Waals surface area contributed by atoms with Crippen LogP contribution in [0.3, 0.4) is 0 Å². The van der Waals surface area contributed by atoms with Gasteiger partial charge in [0.05, 0.1) is 28.3 Å². The zero-order valence-electron chi connectivity index (χ0n) is 19.7. The number of halogens is 5. The highest BCUT2D eigenvalue weighted by molar-refractivity contribution is 5.95. The molecule has 9 nitrogen and oxygen atoms in total. The van der Waals surface area contributed by atoms with Crippen LogP contribution in [0.5, 0.6) is 0 Å². The fourth-order valence-electron chi connectivity index (χ4n) is 5.21. The van der Waals surface area contributed by atoms with Gasteiger partial charge in [0.25, 0.3) is 5.91 Å². The van der Waals surface area contributed by atoms with Crippen LogP contribution >= 0.6 is 0 Å². The first-order valence-corrected chi connectivity index (χ1v) is 11.9. The summed E-state index contributed by atoms with van der Waals surface area (Å²) >= 11 is 0. The van der Waals surface area contributed by atoms with Crippen molar-refractivity contribution < 1.29 is 31.5 Å². The number of hydrogen-bond acceptors (Lipinski definition) is 5. The highest BCUT2D eigenvalue weighted by atomic mass is 19.4. The molecule has 0 unspecified atom stereocenters. The van der Waals surface area contributed by atoms with Crippen LogP contribution in [0.25, 0.3) is 21.9 Å². The zero-order valence-corrected chi connectivity index (χ0v) is 19.7. The molecule has 5 heterocycles. The van der Waals surface area contributed by atoms with Crippen LogP contribution in [0.4, 0.5) is 22.0 Å². The van der Waals surface area contributed by atoms with Crippen LogP contribution in [0, 0.1) is 11.6 Å². The Morgan fingerprint density at radius 1 is 1.13 bits per heavy atom. The van der Waals surface area contributed by atoms with Crippen molar-refractivity contribution in [1.82, 2.24) is 34.8 Å². The van der Waals surface area contributed by atoms with Crippen molar-refractivity contribution in [2.75, 3.05) is 19.6 Å². The quantitative estimate of drug-likeness (QED) is 0.406. The molecule has 4 aromatic rings. The maximum atomic E-state index is 14.9. The molecule has 0 radical (unpaired) electrons. The fourth-order valence-corrected chi connectivity index (χ4v) is 5.21. The van der Waals surface area contributed by atoms with Crippen LogP contribution < -0.4 is 0 Å². The number of H-pyrrole nitrogens is 1. The minimum Gasteiger partial charge on any atom is -0.336 e. The van der Waals surface area contributed by atoms with Crippen molar-refractivity contribution >= 4 is 33.8 Å². The largest absolute Gasteiger partial charge is 0.408 e. The normalized spacial score (nSPS) is 18.5. The van der Waals surface area contributed by atoms with Crippen molar-refractivity contribution in [2.45, 2.75) is 37.5 Å². The number of nitrogens with zero attached hydrogens (tertiary/aromatic N) is 6. The van der Waals surface area contributed by atoms with E-state index in [9.17, 15) is 31.5 Å². The third kappa shape index (κ3) is 4.03. The van der Waals surface area contributed by atoms with E-state index in [2.05, 4.69) is 20.3 Å². The van der Waals surface area contributed by atoms with E-state index in [1.165, 1.54) is 11.1 Å². The minimum absolute atomic E-state index is 0.0250. The molecule has 0 saturated carbocycles. The number of alkyl halides is 3. The third-order valence-corrected chi connectivity index (χ3v) is 7.10. The Hall–Kier alpha value is -4.10. The van der Waals surface area contributed by atoms with Crippen molar-refractivity contribution in [3.8, 4) is 0 Å². The van der Waals surface area contributed by atoms with E-state index in [0.717, 1.165) is 15.6 Å². The Morgan fingerprint density at radius 2 is 1.92 bits per heavy atom. The maximum absolute atomic E-state index is 14.9. The van der Waals surface area contributed by atoms with E-state index in [-0.39, 0.29) is 60.7 Å². The molecule has 0 bridgehead atoms. The van der Waals surface area contributed by atoms with Crippen LogP contribution in [0.15, 0.2) is 30.5 Å². The number of amides is 2. The summed E-state index contributed by atoms with van der Waals surface area (Å²) < 4.78 is 70.1. The average Bonchev–Trinajstić information content (AvgIpc) is 3.56. The van der Waals surface area contributed by atoms with Crippen LogP contribution in [-0.4, -0.2) is 78.4 Å². The van der Waals surface area contributed by atoms with Crippen molar-refractivity contribution in [3.63, 3.8) is 0 Å². The van der Waals surface area contributed by atoms with Crippen LogP contribution in [0.2, 0.25) is 0 Å². The second-order valence-corrected chi connectivity index (χ2v) is 9.52. The summed E-state index contributed by atoms with van der Waals surface area (Å²) in [5.74, 6) is -3.42. The number of aromatic nitrogens is 5. The first kappa shape index (κ1) is 24.2. The molecule has 14 heteroatoms. The Bertz CT molecular complexity index is 1570. The van der Waals surface area contributed by atoms with E-state index in [0.29, 0.717) is 17.1 Å². The number of carbonyl (C=O) groups excluding carboxylic acids is 2. The molecule has 0 spiro atoms. The van der Waals surface area contributed by atoms with Gasteiger partial charge < -0.3 is 9.80 Å². The predicted molar refractivity (Wildman–Crippen MR) is 123 cm³/mol. The van der Waals surface area contributed by atoms with Gasteiger partial charge in [-0.25, -0.2) is 13.8 Å². The number of hydrogen-bond donors (Lipinski definition) is 1. The first-order chi connectivity index (χ1) is 18.1. The molecule has 1 N–H and O–H groups in total. The molecule has 2 amide bonds. The van der Waals surface area contributed by atoms with Gasteiger partial charge in [0, 0.05) is 37.7 Å². The lowest BCUT2D eigenvalue weighted by molar-refractivity contribution is -0.183. The number of likely N-dealkylation sites (tertiary alicyclic amines) is 2. The van der Waals surface area contributed by atoms with Gasteiger partial charge in [-0.3, -0.25) is 19.4 Å². The molecule has 1 atom stereocenters. The van der Waals surface area contributed by atoms with Gasteiger partial charge in [-0.1, -0.05) is 0 Å². The molecule has 2 saturated heterocycles. The molecule has 6 rings (SSSR count). The van der Waals surface area contributed by atoms with E-state index >= 15 is 0 Å². The zero-order chi connectivity index (χ0) is 26.8. The summed E-state index contributed by atoms with van der Waals surface area (Å²) in [5.41, 5.74) is 1.58. The van der Waals surface area contributed by atoms with Gasteiger partial charge >= 0.3 is 6.18 Å². The van der Waals surface area contributed by atoms with Gasteiger partial charge in [-0.2, -0.15) is 23.4 Å². The second kappa shape index (κ2) is 8.74. The smallest absolute Gasteiger partial charge is 0.336 e. The Balaban J connectivity index is 1.25. The number of pyridine rings is 1. The Morgan fingerprint density at radius 3 is 2.68 bits per heavy atom. The fraction of sp³-hybridized carbons (Fsp3) is 0.375. The monoisotopic (exact) mass is 533 g/mol. The first-order valence-electron chi connectivity index (χ1n) is 11.9. The molecule has 38 heavy (non-hydrogen) atoms. The molecule has 1 aromatic carbocycles. The number of nitrogens with one attached hydrogen (secondary N) is 1. The lowest BCUT2D eigenvalue weighted by atomic mass is 9.93. The topological polar surface area (TPSA) is 100 Å². The molecule has 198 valence electrons. The highest BCUT2D eigenvalue weighted by Gasteiger charge is 2.47. The van der Waals surface area contributed by atoms with E-state index in [1.54, 1.807) is 12.1 Å². The second-order valence-electron chi connectivity index (χ2n) is 9.52. The van der Waals surface area contributed by atoms with E-state index in [4.69, 9.17) is 0 Å². The summed E-state index contributed by atoms with van der Waals surface area (Å²) in [5, 5.41) is 10.9. The van der Waals surface area contributed by atoms with Crippen molar-refractivity contribution in [2.24, 2.45) is 0 Å². The van der Waals surface area contributed by atoms with Gasteiger partial charge in [-0.05, 0) is 25.0 Å². The number of fused-ring (bicyclic) bond motifs is 2. The lowest BCUT2D eigenvalue weighted by Gasteiger charge is -2.38. The summed E-state index contributed by atoms with van der Waals surface area (Å²) in [7, 11) is 0. The maximum Gasteiger partial charge on any atom is 0.408 e. The molecular weight excluding hydrogens is 513 g/mol. The summed E-state index contributed by atoms with van der Waals surface area (Å²) in [4.78, 5) is 32.2.